The van der Waals surface area contributed by atoms with Gasteiger partial charge in [-0.25, -0.2) is 0 Å². The molecule has 4 aliphatic rings. The van der Waals surface area contributed by atoms with Crippen LogP contribution in [0, 0.1) is 58.2 Å². The lowest BCUT2D eigenvalue weighted by Crippen LogP contribution is -2.58. The van der Waals surface area contributed by atoms with Crippen LogP contribution in [0.5, 0.6) is 0 Å². The van der Waals surface area contributed by atoms with Crippen molar-refractivity contribution in [2.75, 3.05) is 0 Å². The van der Waals surface area contributed by atoms with Crippen molar-refractivity contribution in [3.05, 3.63) is 0 Å². The van der Waals surface area contributed by atoms with Gasteiger partial charge < -0.3 is 10.2 Å². The Labute approximate surface area is 193 Å². The first-order valence-electron chi connectivity index (χ1n) is 14.0. The molecule has 0 saturated heterocycles. The van der Waals surface area contributed by atoms with Gasteiger partial charge >= 0.3 is 0 Å². The van der Waals surface area contributed by atoms with E-state index in [9.17, 15) is 10.2 Å². The average molecular weight is 433 g/mol. The van der Waals surface area contributed by atoms with Gasteiger partial charge in [0.05, 0.1) is 12.2 Å². The highest BCUT2D eigenvalue weighted by Crippen LogP contribution is 2.68. The van der Waals surface area contributed by atoms with E-state index in [-0.39, 0.29) is 12.2 Å². The fourth-order valence-corrected chi connectivity index (χ4v) is 9.86. The van der Waals surface area contributed by atoms with Gasteiger partial charge in [-0.15, -0.1) is 0 Å². The quantitative estimate of drug-likeness (QED) is 0.471. The maximum Gasteiger partial charge on any atom is 0.0577 e. The lowest BCUT2D eigenvalue weighted by molar-refractivity contribution is -0.174. The smallest absolute Gasteiger partial charge is 0.0577 e. The van der Waals surface area contributed by atoms with Crippen LogP contribution in [0.25, 0.3) is 0 Å². The first kappa shape index (κ1) is 24.1. The maximum atomic E-state index is 11.4. The van der Waals surface area contributed by atoms with Gasteiger partial charge in [0, 0.05) is 0 Å². The van der Waals surface area contributed by atoms with Crippen molar-refractivity contribution >= 4 is 0 Å². The molecule has 2 heteroatoms. The van der Waals surface area contributed by atoms with Crippen LogP contribution in [0.2, 0.25) is 0 Å². The fraction of sp³-hybridized carbons (Fsp3) is 1.00. The number of aliphatic hydroxyl groups excluding tert-OH is 2. The molecule has 0 aliphatic heterocycles. The summed E-state index contributed by atoms with van der Waals surface area (Å²) in [5.41, 5.74) is 0.776. The fourth-order valence-electron chi connectivity index (χ4n) is 9.86. The van der Waals surface area contributed by atoms with E-state index in [1.807, 2.05) is 0 Å². The van der Waals surface area contributed by atoms with Gasteiger partial charge in [0.25, 0.3) is 0 Å². The van der Waals surface area contributed by atoms with Crippen LogP contribution in [0.15, 0.2) is 0 Å². The van der Waals surface area contributed by atoms with E-state index in [0.29, 0.717) is 34.5 Å². The highest BCUT2D eigenvalue weighted by molar-refractivity contribution is 5.11. The number of rotatable bonds is 6. The van der Waals surface area contributed by atoms with E-state index in [4.69, 9.17) is 0 Å². The molecule has 180 valence electrons. The summed E-state index contributed by atoms with van der Waals surface area (Å²) >= 11 is 0. The average Bonchev–Trinajstić information content (AvgIpc) is 3.06. The molecule has 31 heavy (non-hydrogen) atoms. The molecule has 4 saturated carbocycles. The summed E-state index contributed by atoms with van der Waals surface area (Å²) in [6, 6.07) is 0. The molecule has 2 nitrogen and oxygen atoms in total. The number of fused-ring (bicyclic) bond motifs is 5. The van der Waals surface area contributed by atoms with Gasteiger partial charge in [-0.1, -0.05) is 54.4 Å². The van der Waals surface area contributed by atoms with Gasteiger partial charge in [-0.2, -0.15) is 0 Å². The summed E-state index contributed by atoms with van der Waals surface area (Å²) in [5, 5.41) is 21.7. The van der Waals surface area contributed by atoms with Crippen LogP contribution in [0.3, 0.4) is 0 Å². The van der Waals surface area contributed by atoms with E-state index < -0.39 is 0 Å². The number of aliphatic hydroxyl groups is 2. The van der Waals surface area contributed by atoms with Crippen molar-refractivity contribution in [1.29, 1.82) is 0 Å². The molecule has 0 radical (unpaired) electrons. The normalized spacial score (nSPS) is 49.3. The molecular formula is C29H52O2. The summed E-state index contributed by atoms with van der Waals surface area (Å²) in [6.45, 7) is 14.9. The Kier molecular flexibility index (Phi) is 6.93. The number of hydrogen-bond acceptors (Lipinski definition) is 2. The van der Waals surface area contributed by atoms with Gasteiger partial charge in [0.15, 0.2) is 0 Å². The van der Waals surface area contributed by atoms with Gasteiger partial charge in [-0.05, 0) is 116 Å². The van der Waals surface area contributed by atoms with Crippen molar-refractivity contribution in [1.82, 2.24) is 0 Å². The Morgan fingerprint density at radius 1 is 0.839 bits per heavy atom. The second-order valence-corrected chi connectivity index (χ2v) is 13.4. The van der Waals surface area contributed by atoms with Crippen LogP contribution in [-0.2, 0) is 0 Å². The second kappa shape index (κ2) is 8.94. The lowest BCUT2D eigenvalue weighted by atomic mass is 9.43. The van der Waals surface area contributed by atoms with E-state index in [0.717, 1.165) is 42.9 Å². The summed E-state index contributed by atoms with van der Waals surface area (Å²) in [6.07, 6.45) is 13.2. The second-order valence-electron chi connectivity index (χ2n) is 13.4. The maximum absolute atomic E-state index is 11.4. The molecular weight excluding hydrogens is 380 g/mol. The van der Waals surface area contributed by atoms with Crippen molar-refractivity contribution < 1.29 is 10.2 Å². The minimum atomic E-state index is -0.141. The molecule has 2 N–H and O–H groups in total. The zero-order chi connectivity index (χ0) is 22.6. The lowest BCUT2D eigenvalue weighted by Gasteiger charge is -2.62. The van der Waals surface area contributed by atoms with Gasteiger partial charge in [-0.3, -0.25) is 0 Å². The molecule has 0 amide bonds. The van der Waals surface area contributed by atoms with Crippen molar-refractivity contribution in [2.45, 2.75) is 124 Å². The van der Waals surface area contributed by atoms with Crippen LogP contribution < -0.4 is 0 Å². The third-order valence-electron chi connectivity index (χ3n) is 11.9. The predicted octanol–water partition coefficient (Wildman–Crippen LogP) is 7.08. The van der Waals surface area contributed by atoms with Gasteiger partial charge in [0.1, 0.15) is 0 Å². The zero-order valence-electron chi connectivity index (χ0n) is 21.4. The molecule has 4 rings (SSSR count). The first-order valence-corrected chi connectivity index (χ1v) is 14.0. The molecule has 5 unspecified atom stereocenters. The van der Waals surface area contributed by atoms with Crippen LogP contribution in [0.1, 0.15) is 112 Å². The van der Waals surface area contributed by atoms with Crippen LogP contribution in [0.4, 0.5) is 0 Å². The Balaban J connectivity index is 1.49. The van der Waals surface area contributed by atoms with E-state index in [2.05, 4.69) is 41.5 Å². The Morgan fingerprint density at radius 3 is 2.19 bits per heavy atom. The molecule has 0 heterocycles. The Hall–Kier alpha value is -0.0800. The molecule has 11 atom stereocenters. The minimum Gasteiger partial charge on any atom is -0.393 e. The molecule has 0 spiro atoms. The topological polar surface area (TPSA) is 40.5 Å². The third kappa shape index (κ3) is 4.05. The number of hydrogen-bond donors (Lipinski definition) is 2. The highest BCUT2D eigenvalue weighted by Gasteiger charge is 2.62. The van der Waals surface area contributed by atoms with Crippen molar-refractivity contribution in [3.8, 4) is 0 Å². The summed E-state index contributed by atoms with van der Waals surface area (Å²) < 4.78 is 0. The van der Waals surface area contributed by atoms with Crippen molar-refractivity contribution in [2.24, 2.45) is 58.2 Å². The summed E-state index contributed by atoms with van der Waals surface area (Å²) in [4.78, 5) is 0. The monoisotopic (exact) mass is 432 g/mol. The Morgan fingerprint density at radius 2 is 1.52 bits per heavy atom. The Bertz CT molecular complexity index is 616. The van der Waals surface area contributed by atoms with Crippen molar-refractivity contribution in [3.63, 3.8) is 0 Å². The minimum absolute atomic E-state index is 0.134. The molecule has 0 aromatic rings. The standard InChI is InChI=1S/C29H52O2/c1-7-20(18(2)3)9-8-19(4)23-10-11-24-27-25(13-15-29(23,24)6)28(5)14-12-22(30)16-21(28)17-26(27)31/h18-27,30-31H,7-17H2,1-6H3/t19?,20-,21+,22?,23-,24?,25?,26?,27+,28+,29-/m1/s1. The molecule has 0 bridgehead atoms. The predicted molar refractivity (Wildman–Crippen MR) is 130 cm³/mol. The third-order valence-corrected chi connectivity index (χ3v) is 11.9. The zero-order valence-corrected chi connectivity index (χ0v) is 21.4. The first-order chi connectivity index (χ1) is 14.6. The summed E-state index contributed by atoms with van der Waals surface area (Å²) in [5.74, 6) is 5.75. The van der Waals surface area contributed by atoms with Gasteiger partial charge in [0.2, 0.25) is 0 Å². The van der Waals surface area contributed by atoms with Crippen LogP contribution >= 0.6 is 0 Å². The van der Waals surface area contributed by atoms with E-state index >= 15 is 0 Å². The summed E-state index contributed by atoms with van der Waals surface area (Å²) in [7, 11) is 0. The largest absolute Gasteiger partial charge is 0.393 e. The highest BCUT2D eigenvalue weighted by atomic mass is 16.3. The molecule has 0 aromatic heterocycles. The molecule has 4 aliphatic carbocycles. The van der Waals surface area contributed by atoms with E-state index in [1.165, 1.54) is 51.4 Å². The van der Waals surface area contributed by atoms with Crippen LogP contribution in [-0.4, -0.2) is 22.4 Å². The molecule has 4 fully saturated rings. The SMILES string of the molecule is CC[C@H](CCC(C)[C@H]1CCC2[C@@H]3C(O)C[C@@H]4CC(O)CC[C@]4(C)C3CC[C@@]21C)C(C)C. The molecule has 0 aromatic carbocycles. The van der Waals surface area contributed by atoms with E-state index in [1.54, 1.807) is 0 Å².